The van der Waals surface area contributed by atoms with Gasteiger partial charge < -0.3 is 9.32 Å². The molecule has 0 aromatic carbocycles. The van der Waals surface area contributed by atoms with E-state index in [2.05, 4.69) is 25.8 Å². The third kappa shape index (κ3) is 2.14. The van der Waals surface area contributed by atoms with Crippen molar-refractivity contribution in [3.05, 3.63) is 24.6 Å². The van der Waals surface area contributed by atoms with Crippen molar-refractivity contribution in [1.82, 2.24) is 4.98 Å². The predicted octanol–water partition coefficient (Wildman–Crippen LogP) is 3.97. The van der Waals surface area contributed by atoms with Crippen molar-refractivity contribution < 1.29 is 4.42 Å². The number of hydrogen-bond acceptors (Lipinski definition) is 3. The van der Waals surface area contributed by atoms with E-state index in [-0.39, 0.29) is 0 Å². The van der Waals surface area contributed by atoms with E-state index < -0.39 is 0 Å². The van der Waals surface area contributed by atoms with Gasteiger partial charge in [-0.25, -0.2) is 4.98 Å². The molecule has 0 saturated carbocycles. The maximum Gasteiger partial charge on any atom is 0.139 e. The lowest BCUT2D eigenvalue weighted by Crippen LogP contribution is -2.30. The number of aromatic nitrogens is 1. The number of rotatable bonds is 4. The highest BCUT2D eigenvalue weighted by Gasteiger charge is 2.26. The Morgan fingerprint density at radius 3 is 3.28 bits per heavy atom. The van der Waals surface area contributed by atoms with Gasteiger partial charge in [-0.3, -0.25) is 0 Å². The van der Waals surface area contributed by atoms with Crippen LogP contribution in [0.15, 0.2) is 29.0 Å². The molecule has 1 aliphatic heterocycles. The first-order chi connectivity index (χ1) is 8.90. The quantitative estimate of drug-likeness (QED) is 0.800. The molecule has 2 aromatic heterocycles. The Morgan fingerprint density at radius 2 is 2.39 bits per heavy atom. The maximum atomic E-state index is 5.46. The SMILES string of the molecule is BrCCCC1CCCN1c1nccc2occc12. The summed E-state index contributed by atoms with van der Waals surface area (Å²) in [5.41, 5.74) is 0.936. The summed E-state index contributed by atoms with van der Waals surface area (Å²) < 4.78 is 5.46. The Balaban J connectivity index is 1.90. The van der Waals surface area contributed by atoms with E-state index in [4.69, 9.17) is 4.42 Å². The van der Waals surface area contributed by atoms with Crippen LogP contribution in [0.2, 0.25) is 0 Å². The van der Waals surface area contributed by atoms with Crippen molar-refractivity contribution in [3.63, 3.8) is 0 Å². The van der Waals surface area contributed by atoms with Crippen molar-refractivity contribution in [1.29, 1.82) is 0 Å². The summed E-state index contributed by atoms with van der Waals surface area (Å²) in [5.74, 6) is 1.10. The van der Waals surface area contributed by atoms with Crippen LogP contribution in [0, 0.1) is 0 Å². The second-order valence-electron chi connectivity index (χ2n) is 4.79. The number of halogens is 1. The van der Waals surface area contributed by atoms with Crippen molar-refractivity contribution in [2.75, 3.05) is 16.8 Å². The summed E-state index contributed by atoms with van der Waals surface area (Å²) in [4.78, 5) is 7.03. The minimum Gasteiger partial charge on any atom is -0.464 e. The second kappa shape index (κ2) is 5.31. The van der Waals surface area contributed by atoms with Crippen molar-refractivity contribution in [2.45, 2.75) is 31.7 Å². The normalized spacial score (nSPS) is 19.8. The van der Waals surface area contributed by atoms with Crippen LogP contribution in [0.4, 0.5) is 5.82 Å². The Bertz CT molecular complexity index is 525. The highest BCUT2D eigenvalue weighted by molar-refractivity contribution is 9.09. The molecule has 3 heterocycles. The van der Waals surface area contributed by atoms with Gasteiger partial charge in [-0.1, -0.05) is 15.9 Å². The van der Waals surface area contributed by atoms with E-state index >= 15 is 0 Å². The molecule has 1 fully saturated rings. The van der Waals surface area contributed by atoms with Crippen LogP contribution in [-0.2, 0) is 0 Å². The van der Waals surface area contributed by atoms with E-state index in [1.54, 1.807) is 6.26 Å². The number of pyridine rings is 1. The molecule has 1 unspecified atom stereocenters. The fraction of sp³-hybridized carbons (Fsp3) is 0.500. The van der Waals surface area contributed by atoms with Crippen LogP contribution in [0.5, 0.6) is 0 Å². The third-order valence-electron chi connectivity index (χ3n) is 3.68. The molecule has 4 heteroatoms. The molecule has 3 nitrogen and oxygen atoms in total. The minimum absolute atomic E-state index is 0.635. The zero-order valence-corrected chi connectivity index (χ0v) is 11.9. The lowest BCUT2D eigenvalue weighted by atomic mass is 10.1. The largest absolute Gasteiger partial charge is 0.464 e. The van der Waals surface area contributed by atoms with Crippen LogP contribution in [0.25, 0.3) is 11.0 Å². The minimum atomic E-state index is 0.635. The van der Waals surface area contributed by atoms with Crippen LogP contribution in [-0.4, -0.2) is 22.9 Å². The van der Waals surface area contributed by atoms with Crippen molar-refractivity contribution in [3.8, 4) is 0 Å². The lowest BCUT2D eigenvalue weighted by Gasteiger charge is -2.26. The van der Waals surface area contributed by atoms with Gasteiger partial charge >= 0.3 is 0 Å². The Kier molecular flexibility index (Phi) is 3.55. The van der Waals surface area contributed by atoms with Crippen LogP contribution >= 0.6 is 15.9 Å². The first-order valence-electron chi connectivity index (χ1n) is 6.55. The van der Waals surface area contributed by atoms with E-state index in [0.717, 1.165) is 28.7 Å². The summed E-state index contributed by atoms with van der Waals surface area (Å²) in [6.45, 7) is 1.12. The van der Waals surface area contributed by atoms with Crippen LogP contribution < -0.4 is 4.90 Å². The fourth-order valence-electron chi connectivity index (χ4n) is 2.84. The average molecular weight is 309 g/mol. The maximum absolute atomic E-state index is 5.46. The molecule has 1 saturated heterocycles. The zero-order chi connectivity index (χ0) is 12.4. The van der Waals surface area contributed by atoms with Gasteiger partial charge in [0.05, 0.1) is 11.6 Å². The van der Waals surface area contributed by atoms with Gasteiger partial charge in [0.15, 0.2) is 0 Å². The van der Waals surface area contributed by atoms with Gasteiger partial charge in [0.2, 0.25) is 0 Å². The molecule has 0 radical (unpaired) electrons. The molecule has 1 aliphatic rings. The highest BCUT2D eigenvalue weighted by Crippen LogP contribution is 2.32. The van der Waals surface area contributed by atoms with Crippen molar-refractivity contribution >= 4 is 32.7 Å². The van der Waals surface area contributed by atoms with E-state index in [1.807, 2.05) is 18.3 Å². The first kappa shape index (κ1) is 12.0. The third-order valence-corrected chi connectivity index (χ3v) is 4.24. The number of fused-ring (bicyclic) bond motifs is 1. The zero-order valence-electron chi connectivity index (χ0n) is 10.3. The first-order valence-corrected chi connectivity index (χ1v) is 7.67. The number of nitrogens with zero attached hydrogens (tertiary/aromatic N) is 2. The summed E-state index contributed by atoms with van der Waals surface area (Å²) >= 11 is 3.52. The summed E-state index contributed by atoms with van der Waals surface area (Å²) in [6, 6.07) is 4.59. The van der Waals surface area contributed by atoms with Gasteiger partial charge in [-0.2, -0.15) is 0 Å². The number of alkyl halides is 1. The Hall–Kier alpha value is -1.03. The molecular formula is C14H17BrN2O. The van der Waals surface area contributed by atoms with Crippen LogP contribution in [0.3, 0.4) is 0 Å². The molecular weight excluding hydrogens is 292 g/mol. The standard InChI is InChI=1S/C14H17BrN2O/c15-7-1-3-11-4-2-9-17(11)14-12-6-10-18-13(12)5-8-16-14/h5-6,8,10-11H,1-4,7,9H2. The average Bonchev–Trinajstić information content (AvgIpc) is 3.04. The van der Waals surface area contributed by atoms with E-state index in [1.165, 1.54) is 25.7 Å². The second-order valence-corrected chi connectivity index (χ2v) is 5.58. The van der Waals surface area contributed by atoms with Gasteiger partial charge in [-0.05, 0) is 37.8 Å². The molecule has 18 heavy (non-hydrogen) atoms. The molecule has 0 aliphatic carbocycles. The van der Waals surface area contributed by atoms with Gasteiger partial charge in [0.25, 0.3) is 0 Å². The smallest absolute Gasteiger partial charge is 0.139 e. The summed E-state index contributed by atoms with van der Waals surface area (Å²) in [5, 5.41) is 2.23. The molecule has 0 bridgehead atoms. The van der Waals surface area contributed by atoms with Gasteiger partial charge in [0, 0.05) is 24.1 Å². The molecule has 2 aromatic rings. The van der Waals surface area contributed by atoms with Crippen LogP contribution in [0.1, 0.15) is 25.7 Å². The fourth-order valence-corrected chi connectivity index (χ4v) is 3.16. The monoisotopic (exact) mass is 308 g/mol. The molecule has 1 atom stereocenters. The number of hydrogen-bond donors (Lipinski definition) is 0. The van der Waals surface area contributed by atoms with Crippen molar-refractivity contribution in [2.24, 2.45) is 0 Å². The number of anilines is 1. The Morgan fingerprint density at radius 1 is 1.44 bits per heavy atom. The topological polar surface area (TPSA) is 29.3 Å². The number of furan rings is 1. The summed E-state index contributed by atoms with van der Waals surface area (Å²) in [7, 11) is 0. The molecule has 0 spiro atoms. The molecule has 96 valence electrons. The van der Waals surface area contributed by atoms with Gasteiger partial charge in [0.1, 0.15) is 11.4 Å². The van der Waals surface area contributed by atoms with Gasteiger partial charge in [-0.15, -0.1) is 0 Å². The molecule has 0 N–H and O–H groups in total. The molecule has 3 rings (SSSR count). The lowest BCUT2D eigenvalue weighted by molar-refractivity contribution is 0.600. The molecule has 0 amide bonds. The highest BCUT2D eigenvalue weighted by atomic mass is 79.9. The van der Waals surface area contributed by atoms with E-state index in [0.29, 0.717) is 6.04 Å². The predicted molar refractivity (Wildman–Crippen MR) is 77.4 cm³/mol. The van der Waals surface area contributed by atoms with E-state index in [9.17, 15) is 0 Å². The Labute approximate surface area is 115 Å². The summed E-state index contributed by atoms with van der Waals surface area (Å²) in [6.07, 6.45) is 8.61.